The maximum absolute atomic E-state index is 17.0. The molecule has 10 heteroatoms. The van der Waals surface area contributed by atoms with Crippen molar-refractivity contribution >= 4 is 87.4 Å². The standard InChI is InChI=1S/C64H37F3N6O/c65-64(66,67)47-37-46(63-69-61(38-21-5-1-6-22-38)68-62(70-63)39-23-7-2-8-24-39)52-45-32-16-20-36-51(45)74-60(52)56(47)73-50-35-19-15-31-44(50)55-58-53(42-29-13-17-33-48(42)71(58)40-25-9-3-10-26-40)57-54(59(55)73)43-30-14-18-34-49(43)72(57)41-27-11-4-12-28-41/h1-37H. The van der Waals surface area contributed by atoms with Gasteiger partial charge in [0.05, 0.1) is 38.7 Å². The SMILES string of the molecule is FC(F)(F)c1cc(-c2nc(-c3ccccc3)nc(-c3ccccc3)n2)c2c(oc3ccccc32)c1-n1c2ccccc2c2c3c(c4ccccc4n3-c3ccccc3)c3c(c4ccccc4n3-c3ccccc3)c21. The zero-order chi connectivity index (χ0) is 49.2. The molecule has 0 N–H and O–H groups in total. The molecule has 5 aromatic heterocycles. The maximum atomic E-state index is 17.0. The molecular weight excluding hydrogens is 926 g/mol. The lowest BCUT2D eigenvalue weighted by atomic mass is 9.99. The van der Waals surface area contributed by atoms with E-state index in [4.69, 9.17) is 19.4 Å². The number of hydrogen-bond donors (Lipinski definition) is 0. The molecule has 10 aromatic carbocycles. The molecular formula is C64H37F3N6O. The molecule has 0 radical (unpaired) electrons. The second-order valence-electron chi connectivity index (χ2n) is 18.6. The van der Waals surface area contributed by atoms with E-state index >= 15 is 13.2 Å². The van der Waals surface area contributed by atoms with Gasteiger partial charge in [0.1, 0.15) is 11.3 Å². The van der Waals surface area contributed by atoms with Gasteiger partial charge < -0.3 is 18.1 Å². The molecule has 0 bridgehead atoms. The van der Waals surface area contributed by atoms with Gasteiger partial charge in [-0.3, -0.25) is 0 Å². The van der Waals surface area contributed by atoms with Crippen LogP contribution in [0, 0.1) is 0 Å². The molecule has 5 heterocycles. The highest BCUT2D eigenvalue weighted by molar-refractivity contribution is 6.40. The number of hydrogen-bond acceptors (Lipinski definition) is 4. The van der Waals surface area contributed by atoms with E-state index in [1.54, 1.807) is 6.07 Å². The van der Waals surface area contributed by atoms with Gasteiger partial charge in [0.2, 0.25) is 0 Å². The van der Waals surface area contributed by atoms with E-state index in [1.807, 2.05) is 162 Å². The van der Waals surface area contributed by atoms with Gasteiger partial charge in [-0.2, -0.15) is 13.2 Å². The summed E-state index contributed by atoms with van der Waals surface area (Å²) in [6.45, 7) is 0. The highest BCUT2D eigenvalue weighted by atomic mass is 19.4. The average Bonchev–Trinajstić information content (AvgIpc) is 4.21. The number of halogens is 3. The number of aromatic nitrogens is 6. The number of nitrogens with zero attached hydrogens (tertiary/aromatic N) is 6. The van der Waals surface area contributed by atoms with Gasteiger partial charge in [-0.1, -0.05) is 170 Å². The molecule has 0 aliphatic heterocycles. The van der Waals surface area contributed by atoms with Crippen molar-refractivity contribution in [3.8, 4) is 51.2 Å². The first kappa shape index (κ1) is 41.9. The first-order valence-corrected chi connectivity index (χ1v) is 24.4. The zero-order valence-electron chi connectivity index (χ0n) is 39.1. The molecule has 74 heavy (non-hydrogen) atoms. The molecule has 0 atom stereocenters. The van der Waals surface area contributed by atoms with Crippen LogP contribution in [0.5, 0.6) is 0 Å². The second kappa shape index (κ2) is 15.9. The Morgan fingerprint density at radius 1 is 0.365 bits per heavy atom. The third-order valence-electron chi connectivity index (χ3n) is 14.5. The van der Waals surface area contributed by atoms with Crippen molar-refractivity contribution < 1.29 is 17.6 Å². The maximum Gasteiger partial charge on any atom is 0.418 e. The lowest BCUT2D eigenvalue weighted by molar-refractivity contribution is -0.137. The minimum atomic E-state index is -4.92. The fourth-order valence-electron chi connectivity index (χ4n) is 11.5. The van der Waals surface area contributed by atoms with Gasteiger partial charge in [0.15, 0.2) is 23.1 Å². The van der Waals surface area contributed by atoms with Gasteiger partial charge >= 0.3 is 6.18 Å². The van der Waals surface area contributed by atoms with Crippen LogP contribution in [0.3, 0.4) is 0 Å². The number of benzene rings is 10. The third kappa shape index (κ3) is 6.05. The van der Waals surface area contributed by atoms with E-state index in [1.165, 1.54) is 6.07 Å². The molecule has 0 aliphatic rings. The summed E-state index contributed by atoms with van der Waals surface area (Å²) in [5.41, 5.74) is 7.60. The Morgan fingerprint density at radius 2 is 0.743 bits per heavy atom. The van der Waals surface area contributed by atoms with Gasteiger partial charge in [-0.05, 0) is 54.6 Å². The summed E-state index contributed by atoms with van der Waals surface area (Å²) in [4.78, 5) is 14.9. The van der Waals surface area contributed by atoms with Crippen LogP contribution in [0.2, 0.25) is 0 Å². The van der Waals surface area contributed by atoms with Crippen molar-refractivity contribution in [1.82, 2.24) is 28.7 Å². The summed E-state index contributed by atoms with van der Waals surface area (Å²) < 4.78 is 64.2. The van der Waals surface area contributed by atoms with Crippen molar-refractivity contribution in [3.05, 3.63) is 230 Å². The van der Waals surface area contributed by atoms with Gasteiger partial charge in [-0.15, -0.1) is 0 Å². The normalized spacial score (nSPS) is 12.3. The highest BCUT2D eigenvalue weighted by Gasteiger charge is 2.40. The fourth-order valence-corrected chi connectivity index (χ4v) is 11.5. The lowest BCUT2D eigenvalue weighted by Crippen LogP contribution is -2.12. The van der Waals surface area contributed by atoms with Crippen LogP contribution in [0.1, 0.15) is 5.56 Å². The monoisotopic (exact) mass is 962 g/mol. The van der Waals surface area contributed by atoms with Crippen LogP contribution in [0.4, 0.5) is 13.2 Å². The van der Waals surface area contributed by atoms with Crippen LogP contribution in [-0.2, 0) is 6.18 Å². The first-order chi connectivity index (χ1) is 36.4. The van der Waals surface area contributed by atoms with Crippen LogP contribution in [0.15, 0.2) is 229 Å². The van der Waals surface area contributed by atoms with Gasteiger partial charge in [0, 0.05) is 71.2 Å². The minimum absolute atomic E-state index is 0.0465. The van der Waals surface area contributed by atoms with Crippen molar-refractivity contribution in [1.29, 1.82) is 0 Å². The largest absolute Gasteiger partial charge is 0.454 e. The number of fused-ring (bicyclic) bond motifs is 15. The zero-order valence-corrected chi connectivity index (χ0v) is 39.1. The van der Waals surface area contributed by atoms with Gasteiger partial charge in [0.25, 0.3) is 0 Å². The Labute approximate surface area is 419 Å². The van der Waals surface area contributed by atoms with Crippen molar-refractivity contribution in [2.45, 2.75) is 6.18 Å². The van der Waals surface area contributed by atoms with E-state index in [-0.39, 0.29) is 22.7 Å². The van der Waals surface area contributed by atoms with Crippen LogP contribution in [-0.4, -0.2) is 28.7 Å². The molecule has 0 spiro atoms. The number of furan rings is 1. The van der Waals surface area contributed by atoms with Crippen molar-refractivity contribution in [2.24, 2.45) is 0 Å². The second-order valence-corrected chi connectivity index (χ2v) is 18.6. The number of rotatable bonds is 6. The Kier molecular flexibility index (Phi) is 8.98. The van der Waals surface area contributed by atoms with E-state index in [0.717, 1.165) is 65.8 Å². The van der Waals surface area contributed by atoms with E-state index in [9.17, 15) is 0 Å². The topological polar surface area (TPSA) is 66.6 Å². The first-order valence-electron chi connectivity index (χ1n) is 24.4. The predicted octanol–water partition coefficient (Wildman–Crippen LogP) is 17.1. The Balaban J connectivity index is 1.19. The third-order valence-corrected chi connectivity index (χ3v) is 14.5. The van der Waals surface area contributed by atoms with E-state index < -0.39 is 11.7 Å². The molecule has 350 valence electrons. The summed E-state index contributed by atoms with van der Waals surface area (Å²) >= 11 is 0. The van der Waals surface area contributed by atoms with Crippen LogP contribution >= 0.6 is 0 Å². The summed E-state index contributed by atoms with van der Waals surface area (Å²) in [5.74, 6) is 0.729. The van der Waals surface area contributed by atoms with Crippen LogP contribution < -0.4 is 0 Å². The molecule has 7 nitrogen and oxygen atoms in total. The Bertz CT molecular complexity index is 4620. The summed E-state index contributed by atoms with van der Waals surface area (Å²) in [6, 6.07) is 72.2. The smallest absolute Gasteiger partial charge is 0.418 e. The number of para-hydroxylation sites is 6. The molecule has 0 unspecified atom stereocenters. The molecule has 0 saturated carbocycles. The molecule has 0 fully saturated rings. The summed E-state index contributed by atoms with van der Waals surface area (Å²) in [7, 11) is 0. The predicted molar refractivity (Wildman–Crippen MR) is 291 cm³/mol. The molecule has 0 aliphatic carbocycles. The Hall–Kier alpha value is -9.80. The number of alkyl halides is 3. The quantitative estimate of drug-likeness (QED) is 0.167. The van der Waals surface area contributed by atoms with Crippen molar-refractivity contribution in [2.75, 3.05) is 0 Å². The molecule has 15 aromatic rings. The highest BCUT2D eigenvalue weighted by Crippen LogP contribution is 2.53. The van der Waals surface area contributed by atoms with E-state index in [2.05, 4.69) is 63.7 Å². The summed E-state index contributed by atoms with van der Waals surface area (Å²) in [6.07, 6.45) is -4.92. The molecule has 0 amide bonds. The lowest BCUT2D eigenvalue weighted by Gasteiger charge is -2.19. The molecule has 15 rings (SSSR count). The van der Waals surface area contributed by atoms with Crippen molar-refractivity contribution in [3.63, 3.8) is 0 Å². The average molecular weight is 963 g/mol. The fraction of sp³-hybridized carbons (Fsp3) is 0.0156. The van der Waals surface area contributed by atoms with E-state index in [0.29, 0.717) is 50.2 Å². The Morgan fingerprint density at radius 3 is 1.22 bits per heavy atom. The minimum Gasteiger partial charge on any atom is -0.454 e. The molecule has 0 saturated heterocycles. The summed E-state index contributed by atoms with van der Waals surface area (Å²) in [5, 5.41) is 6.33. The van der Waals surface area contributed by atoms with Gasteiger partial charge in [-0.25, -0.2) is 15.0 Å². The van der Waals surface area contributed by atoms with Crippen LogP contribution in [0.25, 0.3) is 139 Å².